The number of aromatic hydroxyl groups is 2. The highest BCUT2D eigenvalue weighted by Crippen LogP contribution is 2.36. The number of benzene rings is 2. The number of nitrogens with two attached hydrogens (primary N) is 2. The van der Waals surface area contributed by atoms with E-state index in [2.05, 4.69) is 4.99 Å². The monoisotopic (exact) mass is 594 g/mol. The zero-order chi connectivity index (χ0) is 31.1. The number of Topliss-reactive ketones (excluding diaryl/α,β-unsaturated/α-hetero) is 1. The molecule has 0 spiro atoms. The van der Waals surface area contributed by atoms with E-state index in [1.54, 1.807) is 0 Å². The van der Waals surface area contributed by atoms with Gasteiger partial charge in [-0.05, 0) is 59.6 Å². The van der Waals surface area contributed by atoms with Gasteiger partial charge >= 0.3 is 0 Å². The SMILES string of the molecule is CCCC(O)CC(O)CC(=O)CCc1cc(OCN2C=C3N=CC(Cc4cc(C(N)N)ccc4CO)=C3C2)c(O)cc1O. The van der Waals surface area contributed by atoms with E-state index in [0.717, 1.165) is 40.0 Å². The number of aliphatic hydroxyl groups excluding tert-OH is 3. The molecule has 0 aromatic heterocycles. The van der Waals surface area contributed by atoms with E-state index in [4.69, 9.17) is 16.2 Å². The standard InChI is InChI=1S/C32H42N4O7/c1-2-3-24(38)11-26(40)12-25(39)7-6-19-10-31(30(42)13-29(19)41)43-18-36-15-27-23(14-35-28(27)16-36)9-22-8-20(32(33)34)4-5-21(22)17-37/h4-5,8,10,13-14,16,24,26,32,37-38,40-42H,2-3,6-7,9,11-12,15,17-18,33-34H2,1H3. The highest BCUT2D eigenvalue weighted by molar-refractivity contribution is 5.87. The lowest BCUT2D eigenvalue weighted by Gasteiger charge is -2.18. The van der Waals surface area contributed by atoms with Gasteiger partial charge in [0, 0.05) is 43.4 Å². The van der Waals surface area contributed by atoms with E-state index in [1.807, 2.05) is 42.4 Å². The zero-order valence-electron chi connectivity index (χ0n) is 24.4. The van der Waals surface area contributed by atoms with Crippen molar-refractivity contribution in [3.63, 3.8) is 0 Å². The van der Waals surface area contributed by atoms with Crippen LogP contribution in [0.5, 0.6) is 17.2 Å². The third-order valence-corrected chi connectivity index (χ3v) is 7.74. The van der Waals surface area contributed by atoms with Gasteiger partial charge in [0.1, 0.15) is 11.5 Å². The number of fused-ring (bicyclic) bond motifs is 1. The summed E-state index contributed by atoms with van der Waals surface area (Å²) in [6, 6.07) is 8.26. The molecule has 0 amide bonds. The summed E-state index contributed by atoms with van der Waals surface area (Å²) in [6.07, 6.45) is 3.82. The number of carbonyl (C=O) groups excluding carboxylic acids is 1. The molecule has 232 valence electrons. The summed E-state index contributed by atoms with van der Waals surface area (Å²) in [7, 11) is 0. The Balaban J connectivity index is 1.35. The fraction of sp³-hybridized carbons (Fsp3) is 0.438. The number of hydrogen-bond acceptors (Lipinski definition) is 11. The number of aryl methyl sites for hydroxylation is 1. The van der Waals surface area contributed by atoms with E-state index in [0.29, 0.717) is 24.9 Å². The molecule has 0 fully saturated rings. The quantitative estimate of drug-likeness (QED) is 0.142. The van der Waals surface area contributed by atoms with E-state index < -0.39 is 18.4 Å². The van der Waals surface area contributed by atoms with Crippen LogP contribution in [0.15, 0.2) is 58.4 Å². The predicted molar refractivity (Wildman–Crippen MR) is 162 cm³/mol. The highest BCUT2D eigenvalue weighted by Gasteiger charge is 2.26. The van der Waals surface area contributed by atoms with Crippen molar-refractivity contribution < 1.29 is 35.1 Å². The molecule has 4 rings (SSSR count). The van der Waals surface area contributed by atoms with Crippen LogP contribution in [0.4, 0.5) is 0 Å². The maximum absolute atomic E-state index is 12.4. The minimum absolute atomic E-state index is 0.0692. The molecule has 0 saturated carbocycles. The molecule has 0 saturated heterocycles. The largest absolute Gasteiger partial charge is 0.508 e. The number of allylic oxidation sites excluding steroid dienone is 1. The van der Waals surface area contributed by atoms with Crippen molar-refractivity contribution in [2.24, 2.45) is 16.5 Å². The Kier molecular flexibility index (Phi) is 10.9. The van der Waals surface area contributed by atoms with Crippen molar-refractivity contribution in [1.29, 1.82) is 0 Å². The second-order valence-corrected chi connectivity index (χ2v) is 11.2. The summed E-state index contributed by atoms with van der Waals surface area (Å²) in [5, 5.41) is 50.5. The molecule has 0 radical (unpaired) electrons. The van der Waals surface area contributed by atoms with Crippen LogP contribution in [-0.4, -0.2) is 67.9 Å². The van der Waals surface area contributed by atoms with Gasteiger partial charge in [-0.2, -0.15) is 0 Å². The summed E-state index contributed by atoms with van der Waals surface area (Å²) >= 11 is 0. The molecule has 9 N–H and O–H groups in total. The summed E-state index contributed by atoms with van der Waals surface area (Å²) < 4.78 is 5.88. The average molecular weight is 595 g/mol. The van der Waals surface area contributed by atoms with Crippen LogP contribution in [-0.2, 0) is 24.2 Å². The van der Waals surface area contributed by atoms with Crippen LogP contribution in [0.3, 0.4) is 0 Å². The minimum atomic E-state index is -0.915. The molecule has 2 aliphatic heterocycles. The predicted octanol–water partition coefficient (Wildman–Crippen LogP) is 2.43. The van der Waals surface area contributed by atoms with Crippen LogP contribution in [0, 0.1) is 0 Å². The van der Waals surface area contributed by atoms with Gasteiger partial charge in [0.05, 0.1) is 30.7 Å². The Bertz CT molecular complexity index is 1400. The minimum Gasteiger partial charge on any atom is -0.508 e. The van der Waals surface area contributed by atoms with Gasteiger partial charge in [-0.15, -0.1) is 0 Å². The Morgan fingerprint density at radius 3 is 2.58 bits per heavy atom. The lowest BCUT2D eigenvalue weighted by atomic mass is 9.95. The van der Waals surface area contributed by atoms with Crippen molar-refractivity contribution in [3.8, 4) is 17.2 Å². The first-order valence-electron chi connectivity index (χ1n) is 14.6. The number of ether oxygens (including phenoxy) is 1. The van der Waals surface area contributed by atoms with E-state index in [1.165, 1.54) is 12.1 Å². The molecule has 2 aromatic rings. The Morgan fingerprint density at radius 2 is 1.86 bits per heavy atom. The molecule has 0 bridgehead atoms. The van der Waals surface area contributed by atoms with Gasteiger partial charge in [0.15, 0.2) is 18.2 Å². The maximum atomic E-state index is 12.4. The molecule has 2 atom stereocenters. The summed E-state index contributed by atoms with van der Waals surface area (Å²) in [5.41, 5.74) is 17.5. The van der Waals surface area contributed by atoms with Crippen LogP contribution >= 0.6 is 0 Å². The molecular formula is C32H42N4O7. The number of nitrogens with zero attached hydrogens (tertiary/aromatic N) is 2. The fourth-order valence-electron chi connectivity index (χ4n) is 5.35. The smallest absolute Gasteiger partial charge is 0.164 e. The highest BCUT2D eigenvalue weighted by atomic mass is 16.5. The lowest BCUT2D eigenvalue weighted by molar-refractivity contribution is -0.121. The van der Waals surface area contributed by atoms with E-state index >= 15 is 0 Å². The van der Waals surface area contributed by atoms with Gasteiger partial charge < -0.3 is 46.6 Å². The van der Waals surface area contributed by atoms with Crippen LogP contribution in [0.25, 0.3) is 0 Å². The lowest BCUT2D eigenvalue weighted by Crippen LogP contribution is -2.22. The molecule has 0 aliphatic carbocycles. The van der Waals surface area contributed by atoms with Crippen molar-refractivity contribution in [1.82, 2.24) is 4.90 Å². The van der Waals surface area contributed by atoms with E-state index in [9.17, 15) is 30.3 Å². The number of phenolic OH excluding ortho intramolecular Hbond substituents is 2. The number of ketones is 1. The van der Waals surface area contributed by atoms with Crippen molar-refractivity contribution in [2.45, 2.75) is 76.9 Å². The maximum Gasteiger partial charge on any atom is 0.164 e. The third kappa shape index (κ3) is 8.43. The molecule has 2 aliphatic rings. The second-order valence-electron chi connectivity index (χ2n) is 11.2. The topological polar surface area (TPSA) is 195 Å². The molecular weight excluding hydrogens is 552 g/mol. The first-order chi connectivity index (χ1) is 20.6. The number of rotatable bonds is 16. The molecule has 2 aromatic carbocycles. The summed E-state index contributed by atoms with van der Waals surface area (Å²) in [6.45, 7) is 2.48. The summed E-state index contributed by atoms with van der Waals surface area (Å²) in [4.78, 5) is 18.8. The number of aliphatic hydroxyl groups is 3. The molecule has 2 unspecified atom stereocenters. The van der Waals surface area contributed by atoms with Crippen LogP contribution in [0.1, 0.15) is 67.4 Å². The molecule has 2 heterocycles. The van der Waals surface area contributed by atoms with Crippen molar-refractivity contribution in [2.75, 3.05) is 13.3 Å². The number of carbonyl (C=O) groups is 1. The van der Waals surface area contributed by atoms with Crippen molar-refractivity contribution >= 4 is 12.0 Å². The van der Waals surface area contributed by atoms with Crippen LogP contribution < -0.4 is 16.2 Å². The normalized spacial score (nSPS) is 15.7. The Hall–Kier alpha value is -3.74. The van der Waals surface area contributed by atoms with Gasteiger partial charge in [-0.3, -0.25) is 9.79 Å². The first-order valence-corrected chi connectivity index (χ1v) is 14.6. The first kappa shape index (κ1) is 32.2. The van der Waals surface area contributed by atoms with Gasteiger partial charge in [-0.1, -0.05) is 31.5 Å². The average Bonchev–Trinajstić information content (AvgIpc) is 3.53. The van der Waals surface area contributed by atoms with Crippen LogP contribution in [0.2, 0.25) is 0 Å². The Morgan fingerprint density at radius 1 is 1.07 bits per heavy atom. The fourth-order valence-corrected chi connectivity index (χ4v) is 5.35. The number of hydrogen-bond donors (Lipinski definition) is 7. The third-order valence-electron chi connectivity index (χ3n) is 7.74. The Labute approximate surface area is 251 Å². The second kappa shape index (κ2) is 14.6. The van der Waals surface area contributed by atoms with Crippen molar-refractivity contribution in [3.05, 3.63) is 75.6 Å². The van der Waals surface area contributed by atoms with Gasteiger partial charge in [0.2, 0.25) is 0 Å². The molecule has 11 nitrogen and oxygen atoms in total. The number of phenols is 2. The molecule has 11 heteroatoms. The molecule has 43 heavy (non-hydrogen) atoms. The summed E-state index contributed by atoms with van der Waals surface area (Å²) in [5.74, 6) is -0.402. The number of aliphatic imine (C=N–C) groups is 1. The zero-order valence-corrected chi connectivity index (χ0v) is 24.4. The van der Waals surface area contributed by atoms with Gasteiger partial charge in [-0.25, -0.2) is 0 Å². The van der Waals surface area contributed by atoms with E-state index in [-0.39, 0.29) is 62.1 Å². The van der Waals surface area contributed by atoms with Gasteiger partial charge in [0.25, 0.3) is 0 Å².